The molecule has 1 unspecified atom stereocenters. The molecule has 2 aliphatic heterocycles. The van der Waals surface area contributed by atoms with Crippen LogP contribution in [-0.2, 0) is 20.7 Å². The molecule has 1 atom stereocenters. The second kappa shape index (κ2) is 8.49. The van der Waals surface area contributed by atoms with Crippen LogP contribution in [0.1, 0.15) is 18.4 Å². The highest BCUT2D eigenvalue weighted by atomic mass is 16.5. The number of benzene rings is 1. The van der Waals surface area contributed by atoms with Gasteiger partial charge in [-0.1, -0.05) is 12.1 Å². The summed E-state index contributed by atoms with van der Waals surface area (Å²) >= 11 is 0. The van der Waals surface area contributed by atoms with Crippen LogP contribution in [0.4, 0.5) is 0 Å². The van der Waals surface area contributed by atoms with E-state index in [1.165, 1.54) is 5.56 Å². The number of hydrogen-bond donors (Lipinski definition) is 0. The Morgan fingerprint density at radius 3 is 2.62 bits per heavy atom. The molecular weight excluding hydrogens is 306 g/mol. The van der Waals surface area contributed by atoms with Gasteiger partial charge in [0.25, 0.3) is 0 Å². The minimum atomic E-state index is 0.124. The van der Waals surface area contributed by atoms with E-state index in [4.69, 9.17) is 14.2 Å². The van der Waals surface area contributed by atoms with Crippen molar-refractivity contribution in [2.75, 3.05) is 46.6 Å². The Labute approximate surface area is 143 Å². The third-order valence-electron chi connectivity index (χ3n) is 4.90. The average Bonchev–Trinajstić information content (AvgIpc) is 2.88. The van der Waals surface area contributed by atoms with Crippen molar-refractivity contribution in [3.8, 4) is 5.75 Å². The molecule has 132 valence electrons. The first-order valence-electron chi connectivity index (χ1n) is 8.83. The molecule has 1 aromatic carbocycles. The lowest BCUT2D eigenvalue weighted by molar-refractivity contribution is -0.138. The van der Waals surface area contributed by atoms with Crippen molar-refractivity contribution in [1.29, 1.82) is 0 Å². The van der Waals surface area contributed by atoms with E-state index >= 15 is 0 Å². The predicted octanol–water partition coefficient (Wildman–Crippen LogP) is 2.14. The molecule has 0 bridgehead atoms. The molecule has 2 saturated heterocycles. The van der Waals surface area contributed by atoms with E-state index in [1.807, 2.05) is 17.0 Å². The van der Waals surface area contributed by atoms with Gasteiger partial charge in [0.2, 0.25) is 5.91 Å². The first kappa shape index (κ1) is 17.2. The maximum atomic E-state index is 12.8. The summed E-state index contributed by atoms with van der Waals surface area (Å²) in [6, 6.07) is 8.15. The predicted molar refractivity (Wildman–Crippen MR) is 91.1 cm³/mol. The van der Waals surface area contributed by atoms with Crippen molar-refractivity contribution in [1.82, 2.24) is 4.90 Å². The number of methoxy groups -OCH3 is 1. The largest absolute Gasteiger partial charge is 0.497 e. The number of nitrogens with zero attached hydrogens (tertiary/aromatic N) is 1. The van der Waals surface area contributed by atoms with E-state index in [2.05, 4.69) is 12.1 Å². The van der Waals surface area contributed by atoms with Gasteiger partial charge >= 0.3 is 0 Å². The molecule has 2 fully saturated rings. The third-order valence-corrected chi connectivity index (χ3v) is 4.90. The zero-order valence-corrected chi connectivity index (χ0v) is 14.4. The Kier molecular flexibility index (Phi) is 6.10. The van der Waals surface area contributed by atoms with Crippen molar-refractivity contribution >= 4 is 5.91 Å². The monoisotopic (exact) mass is 333 g/mol. The molecule has 0 spiro atoms. The van der Waals surface area contributed by atoms with Gasteiger partial charge in [0.15, 0.2) is 0 Å². The van der Waals surface area contributed by atoms with Crippen LogP contribution in [0.25, 0.3) is 0 Å². The Bertz CT molecular complexity index is 525. The van der Waals surface area contributed by atoms with Crippen LogP contribution in [0.5, 0.6) is 5.75 Å². The molecule has 0 aromatic heterocycles. The van der Waals surface area contributed by atoms with E-state index in [-0.39, 0.29) is 11.8 Å². The van der Waals surface area contributed by atoms with E-state index in [0.29, 0.717) is 38.9 Å². The number of carbonyl (C=O) groups is 1. The molecule has 1 aromatic rings. The lowest BCUT2D eigenvalue weighted by Crippen LogP contribution is -2.41. The van der Waals surface area contributed by atoms with Crippen LogP contribution in [0, 0.1) is 11.8 Å². The highest BCUT2D eigenvalue weighted by Crippen LogP contribution is 2.21. The number of rotatable bonds is 4. The van der Waals surface area contributed by atoms with Crippen molar-refractivity contribution < 1.29 is 19.0 Å². The summed E-state index contributed by atoms with van der Waals surface area (Å²) in [5, 5.41) is 0. The van der Waals surface area contributed by atoms with Crippen LogP contribution >= 0.6 is 0 Å². The van der Waals surface area contributed by atoms with Crippen LogP contribution in [0.2, 0.25) is 0 Å². The van der Waals surface area contributed by atoms with Gasteiger partial charge < -0.3 is 19.1 Å². The number of carbonyl (C=O) groups excluding carboxylic acids is 1. The summed E-state index contributed by atoms with van der Waals surface area (Å²) in [4.78, 5) is 14.8. The van der Waals surface area contributed by atoms with E-state index < -0.39 is 0 Å². The van der Waals surface area contributed by atoms with Gasteiger partial charge in [-0.3, -0.25) is 4.79 Å². The molecule has 2 heterocycles. The minimum Gasteiger partial charge on any atom is -0.497 e. The molecule has 0 saturated carbocycles. The lowest BCUT2D eigenvalue weighted by atomic mass is 9.96. The quantitative estimate of drug-likeness (QED) is 0.847. The van der Waals surface area contributed by atoms with Crippen LogP contribution in [0.3, 0.4) is 0 Å². The maximum Gasteiger partial charge on any atom is 0.225 e. The van der Waals surface area contributed by atoms with E-state index in [9.17, 15) is 4.79 Å². The first-order valence-corrected chi connectivity index (χ1v) is 8.83. The summed E-state index contributed by atoms with van der Waals surface area (Å²) in [6.07, 6.45) is 2.61. The molecular formula is C19H27NO4. The third kappa shape index (κ3) is 4.48. The number of ether oxygens (including phenoxy) is 3. The molecule has 1 amide bonds. The van der Waals surface area contributed by atoms with Gasteiger partial charge in [-0.05, 0) is 37.0 Å². The Morgan fingerprint density at radius 1 is 1.17 bits per heavy atom. The molecule has 5 heteroatoms. The fourth-order valence-electron chi connectivity index (χ4n) is 3.50. The van der Waals surface area contributed by atoms with Gasteiger partial charge in [-0.15, -0.1) is 0 Å². The molecule has 3 rings (SSSR count). The Balaban J connectivity index is 1.60. The molecule has 2 aliphatic rings. The average molecular weight is 333 g/mol. The highest BCUT2D eigenvalue weighted by Gasteiger charge is 2.29. The van der Waals surface area contributed by atoms with Crippen LogP contribution < -0.4 is 4.74 Å². The fraction of sp³-hybridized carbons (Fsp3) is 0.632. The highest BCUT2D eigenvalue weighted by molar-refractivity contribution is 5.79. The van der Waals surface area contributed by atoms with E-state index in [1.54, 1.807) is 7.11 Å². The Morgan fingerprint density at radius 2 is 1.92 bits per heavy atom. The molecule has 24 heavy (non-hydrogen) atoms. The summed E-state index contributed by atoms with van der Waals surface area (Å²) in [6.45, 7) is 4.24. The van der Waals surface area contributed by atoms with Gasteiger partial charge in [-0.2, -0.15) is 0 Å². The molecule has 0 aliphatic carbocycles. The SMILES string of the molecule is COc1ccc(CC2COCCN(C(=O)C3CCOCC3)C2)cc1. The van der Waals surface area contributed by atoms with E-state index in [0.717, 1.165) is 31.6 Å². The fourth-order valence-corrected chi connectivity index (χ4v) is 3.50. The summed E-state index contributed by atoms with van der Waals surface area (Å²) in [5.41, 5.74) is 1.25. The zero-order valence-electron chi connectivity index (χ0n) is 14.4. The van der Waals surface area contributed by atoms with Gasteiger partial charge in [0.1, 0.15) is 5.75 Å². The second-order valence-electron chi connectivity index (χ2n) is 6.66. The molecule has 0 radical (unpaired) electrons. The van der Waals surface area contributed by atoms with Crippen molar-refractivity contribution in [3.05, 3.63) is 29.8 Å². The minimum absolute atomic E-state index is 0.124. The first-order chi connectivity index (χ1) is 11.8. The number of amides is 1. The van der Waals surface area contributed by atoms with Gasteiger partial charge in [0, 0.05) is 38.1 Å². The second-order valence-corrected chi connectivity index (χ2v) is 6.66. The summed E-state index contributed by atoms with van der Waals surface area (Å²) < 4.78 is 16.3. The normalized spacial score (nSPS) is 22.9. The lowest BCUT2D eigenvalue weighted by Gasteiger charge is -2.29. The standard InChI is InChI=1S/C19H27NO4/c1-22-18-4-2-15(3-5-18)12-16-13-20(8-11-24-14-16)19(21)17-6-9-23-10-7-17/h2-5,16-17H,6-14H2,1H3. The zero-order chi connectivity index (χ0) is 16.8. The Hall–Kier alpha value is -1.59. The van der Waals surface area contributed by atoms with Gasteiger partial charge in [0.05, 0.1) is 20.3 Å². The van der Waals surface area contributed by atoms with Crippen LogP contribution in [0.15, 0.2) is 24.3 Å². The topological polar surface area (TPSA) is 48.0 Å². The van der Waals surface area contributed by atoms with Crippen molar-refractivity contribution in [2.45, 2.75) is 19.3 Å². The van der Waals surface area contributed by atoms with Crippen molar-refractivity contribution in [2.24, 2.45) is 11.8 Å². The van der Waals surface area contributed by atoms with Gasteiger partial charge in [-0.25, -0.2) is 0 Å². The summed E-state index contributed by atoms with van der Waals surface area (Å²) in [5.74, 6) is 1.61. The summed E-state index contributed by atoms with van der Waals surface area (Å²) in [7, 11) is 1.67. The molecule has 5 nitrogen and oxygen atoms in total. The molecule has 0 N–H and O–H groups in total. The maximum absolute atomic E-state index is 12.8. The van der Waals surface area contributed by atoms with Crippen LogP contribution in [-0.4, -0.2) is 57.4 Å². The van der Waals surface area contributed by atoms with Crippen molar-refractivity contribution in [3.63, 3.8) is 0 Å². The number of hydrogen-bond acceptors (Lipinski definition) is 4. The smallest absolute Gasteiger partial charge is 0.225 e.